The molecule has 0 aliphatic heterocycles. The molecule has 0 saturated carbocycles. The Labute approximate surface area is 97.1 Å². The first-order valence-electron chi connectivity index (χ1n) is 5.29. The maximum absolute atomic E-state index is 5.86. The SMILES string of the molecule is C=C(C)C(NCCC)c1ccc(Cl)cc1. The summed E-state index contributed by atoms with van der Waals surface area (Å²) in [6, 6.07) is 8.16. The standard InChI is InChI=1S/C13H18ClN/c1-4-9-15-13(10(2)3)11-5-7-12(14)8-6-11/h5-8,13,15H,2,4,9H2,1,3H3. The van der Waals surface area contributed by atoms with E-state index in [1.54, 1.807) is 0 Å². The van der Waals surface area contributed by atoms with Crippen molar-refractivity contribution in [3.05, 3.63) is 47.0 Å². The van der Waals surface area contributed by atoms with Gasteiger partial charge in [0, 0.05) is 5.02 Å². The fourth-order valence-corrected chi connectivity index (χ4v) is 1.65. The smallest absolute Gasteiger partial charge is 0.0530 e. The third-order valence-corrected chi connectivity index (χ3v) is 2.55. The van der Waals surface area contributed by atoms with Gasteiger partial charge in [-0.15, -0.1) is 0 Å². The average molecular weight is 224 g/mol. The summed E-state index contributed by atoms with van der Waals surface area (Å²) in [5.74, 6) is 0. The van der Waals surface area contributed by atoms with Crippen molar-refractivity contribution in [2.24, 2.45) is 0 Å². The highest BCUT2D eigenvalue weighted by Crippen LogP contribution is 2.21. The Hall–Kier alpha value is -0.790. The molecule has 0 aromatic heterocycles. The molecule has 0 bridgehead atoms. The maximum Gasteiger partial charge on any atom is 0.0530 e. The molecule has 0 radical (unpaired) electrons. The van der Waals surface area contributed by atoms with Crippen molar-refractivity contribution in [1.29, 1.82) is 0 Å². The molecule has 1 unspecified atom stereocenters. The summed E-state index contributed by atoms with van der Waals surface area (Å²) in [5, 5.41) is 4.23. The van der Waals surface area contributed by atoms with Crippen molar-refractivity contribution in [2.75, 3.05) is 6.54 Å². The zero-order chi connectivity index (χ0) is 11.3. The van der Waals surface area contributed by atoms with Crippen molar-refractivity contribution >= 4 is 11.6 Å². The van der Waals surface area contributed by atoms with Crippen LogP contribution in [0.3, 0.4) is 0 Å². The average Bonchev–Trinajstić information content (AvgIpc) is 2.21. The third kappa shape index (κ3) is 3.69. The number of benzene rings is 1. The van der Waals surface area contributed by atoms with E-state index in [4.69, 9.17) is 11.6 Å². The molecule has 15 heavy (non-hydrogen) atoms. The number of rotatable bonds is 5. The van der Waals surface area contributed by atoms with E-state index < -0.39 is 0 Å². The van der Waals surface area contributed by atoms with Crippen LogP contribution in [0.15, 0.2) is 36.4 Å². The summed E-state index contributed by atoms with van der Waals surface area (Å²) in [6.45, 7) is 9.21. The van der Waals surface area contributed by atoms with Crippen LogP contribution in [-0.2, 0) is 0 Å². The second-order valence-electron chi connectivity index (χ2n) is 3.79. The van der Waals surface area contributed by atoms with E-state index in [0.29, 0.717) is 0 Å². The lowest BCUT2D eigenvalue weighted by Crippen LogP contribution is -2.22. The van der Waals surface area contributed by atoms with E-state index in [-0.39, 0.29) is 6.04 Å². The minimum atomic E-state index is 0.238. The van der Waals surface area contributed by atoms with Gasteiger partial charge in [0.1, 0.15) is 0 Å². The fourth-order valence-electron chi connectivity index (χ4n) is 1.52. The first-order chi connectivity index (χ1) is 7.15. The molecular weight excluding hydrogens is 206 g/mol. The van der Waals surface area contributed by atoms with E-state index in [0.717, 1.165) is 23.6 Å². The normalized spacial score (nSPS) is 12.5. The molecule has 82 valence electrons. The summed E-state index contributed by atoms with van der Waals surface area (Å²) in [7, 11) is 0. The number of hydrogen-bond donors (Lipinski definition) is 1. The van der Waals surface area contributed by atoms with Crippen LogP contribution in [0.5, 0.6) is 0 Å². The van der Waals surface area contributed by atoms with Gasteiger partial charge in [-0.2, -0.15) is 0 Å². The molecule has 0 aliphatic carbocycles. The van der Waals surface area contributed by atoms with Crippen molar-refractivity contribution in [2.45, 2.75) is 26.3 Å². The number of hydrogen-bond acceptors (Lipinski definition) is 1. The van der Waals surface area contributed by atoms with Gasteiger partial charge in [0.25, 0.3) is 0 Å². The summed E-state index contributed by atoms with van der Waals surface area (Å²) in [6.07, 6.45) is 1.12. The van der Waals surface area contributed by atoms with Gasteiger partial charge in [-0.25, -0.2) is 0 Å². The Morgan fingerprint density at radius 3 is 2.47 bits per heavy atom. The van der Waals surface area contributed by atoms with Gasteiger partial charge in [0.15, 0.2) is 0 Å². The predicted molar refractivity (Wildman–Crippen MR) is 67.3 cm³/mol. The van der Waals surface area contributed by atoms with Crippen LogP contribution in [0.25, 0.3) is 0 Å². The lowest BCUT2D eigenvalue weighted by Gasteiger charge is -2.19. The fraction of sp³-hybridized carbons (Fsp3) is 0.385. The van der Waals surface area contributed by atoms with E-state index in [9.17, 15) is 0 Å². The molecule has 0 heterocycles. The Morgan fingerprint density at radius 2 is 2.00 bits per heavy atom. The molecule has 0 fully saturated rings. The summed E-state index contributed by atoms with van der Waals surface area (Å²) >= 11 is 5.86. The van der Waals surface area contributed by atoms with Crippen LogP contribution in [0.2, 0.25) is 5.02 Å². The highest BCUT2D eigenvalue weighted by molar-refractivity contribution is 6.30. The Balaban J connectivity index is 2.79. The molecule has 1 N–H and O–H groups in total. The molecule has 1 nitrogen and oxygen atoms in total. The molecule has 0 amide bonds. The minimum Gasteiger partial charge on any atom is -0.307 e. The van der Waals surface area contributed by atoms with E-state index in [2.05, 4.69) is 18.8 Å². The van der Waals surface area contributed by atoms with Gasteiger partial charge in [-0.05, 0) is 37.6 Å². The Morgan fingerprint density at radius 1 is 1.40 bits per heavy atom. The number of halogens is 1. The Bertz CT molecular complexity index is 316. The summed E-state index contributed by atoms with van der Waals surface area (Å²) in [4.78, 5) is 0. The van der Waals surface area contributed by atoms with Gasteiger partial charge < -0.3 is 5.32 Å². The second-order valence-corrected chi connectivity index (χ2v) is 4.22. The molecule has 0 spiro atoms. The highest BCUT2D eigenvalue weighted by atomic mass is 35.5. The first kappa shape index (κ1) is 12.3. The van der Waals surface area contributed by atoms with Crippen LogP contribution in [0.1, 0.15) is 31.9 Å². The van der Waals surface area contributed by atoms with Crippen LogP contribution in [-0.4, -0.2) is 6.54 Å². The topological polar surface area (TPSA) is 12.0 Å². The van der Waals surface area contributed by atoms with Crippen molar-refractivity contribution in [3.8, 4) is 0 Å². The zero-order valence-corrected chi connectivity index (χ0v) is 10.1. The molecular formula is C13H18ClN. The first-order valence-corrected chi connectivity index (χ1v) is 5.67. The van der Waals surface area contributed by atoms with Gasteiger partial charge >= 0.3 is 0 Å². The van der Waals surface area contributed by atoms with E-state index in [1.807, 2.05) is 31.2 Å². The maximum atomic E-state index is 5.86. The molecule has 1 atom stereocenters. The highest BCUT2D eigenvalue weighted by Gasteiger charge is 2.10. The minimum absolute atomic E-state index is 0.238. The largest absolute Gasteiger partial charge is 0.307 e. The van der Waals surface area contributed by atoms with Gasteiger partial charge in [-0.3, -0.25) is 0 Å². The van der Waals surface area contributed by atoms with E-state index in [1.165, 1.54) is 5.56 Å². The van der Waals surface area contributed by atoms with Crippen molar-refractivity contribution < 1.29 is 0 Å². The summed E-state index contributed by atoms with van der Waals surface area (Å²) < 4.78 is 0. The van der Waals surface area contributed by atoms with Crippen molar-refractivity contribution in [1.82, 2.24) is 5.32 Å². The van der Waals surface area contributed by atoms with Gasteiger partial charge in [0.05, 0.1) is 6.04 Å². The zero-order valence-electron chi connectivity index (χ0n) is 9.39. The molecule has 0 saturated heterocycles. The second kappa shape index (κ2) is 5.94. The summed E-state index contributed by atoms with van der Waals surface area (Å²) in [5.41, 5.74) is 2.35. The predicted octanol–water partition coefficient (Wildman–Crippen LogP) is 3.96. The monoisotopic (exact) mass is 223 g/mol. The lowest BCUT2D eigenvalue weighted by molar-refractivity contribution is 0.591. The van der Waals surface area contributed by atoms with Crippen LogP contribution in [0, 0.1) is 0 Å². The molecule has 1 aromatic carbocycles. The van der Waals surface area contributed by atoms with Crippen molar-refractivity contribution in [3.63, 3.8) is 0 Å². The van der Waals surface area contributed by atoms with Gasteiger partial charge in [0.2, 0.25) is 0 Å². The third-order valence-electron chi connectivity index (χ3n) is 2.29. The Kier molecular flexibility index (Phi) is 4.86. The lowest BCUT2D eigenvalue weighted by atomic mass is 10.0. The van der Waals surface area contributed by atoms with Crippen LogP contribution >= 0.6 is 11.6 Å². The molecule has 2 heteroatoms. The van der Waals surface area contributed by atoms with Gasteiger partial charge in [-0.1, -0.05) is 42.8 Å². The molecule has 0 aliphatic rings. The number of nitrogens with one attached hydrogen (secondary N) is 1. The van der Waals surface area contributed by atoms with E-state index >= 15 is 0 Å². The quantitative estimate of drug-likeness (QED) is 0.746. The molecule has 1 aromatic rings. The van der Waals surface area contributed by atoms with Crippen LogP contribution in [0.4, 0.5) is 0 Å². The van der Waals surface area contributed by atoms with Crippen LogP contribution < -0.4 is 5.32 Å². The molecule has 1 rings (SSSR count).